The van der Waals surface area contributed by atoms with Gasteiger partial charge in [-0.3, -0.25) is 0 Å². The number of halogens is 6. The molecule has 0 spiro atoms. The molecule has 1 aromatic rings. The Kier molecular flexibility index (Phi) is 4.19. The van der Waals surface area contributed by atoms with Crippen molar-refractivity contribution < 1.29 is 36.0 Å². The minimum atomic E-state index is -5.10. The minimum absolute atomic E-state index is 0.0713. The van der Waals surface area contributed by atoms with Gasteiger partial charge in [0.05, 0.1) is 18.7 Å². The van der Waals surface area contributed by atoms with Gasteiger partial charge in [0.25, 0.3) is 0 Å². The third-order valence-corrected chi connectivity index (χ3v) is 2.91. The van der Waals surface area contributed by atoms with Crippen molar-refractivity contribution >= 4 is 11.5 Å². The van der Waals surface area contributed by atoms with Gasteiger partial charge in [0.15, 0.2) is 0 Å². The fourth-order valence-electron chi connectivity index (χ4n) is 1.85. The Morgan fingerprint density at radius 1 is 1.05 bits per heavy atom. The molecule has 0 N–H and O–H groups in total. The number of benzene rings is 1. The highest BCUT2D eigenvalue weighted by Crippen LogP contribution is 2.31. The fourth-order valence-corrected chi connectivity index (χ4v) is 1.85. The van der Waals surface area contributed by atoms with E-state index in [1.807, 2.05) is 0 Å². The number of nitrogens with zero attached hydrogens (tertiary/aromatic N) is 1. The second-order valence-electron chi connectivity index (χ2n) is 4.50. The SMILES string of the molecule is O=C(ON1CC=C(c2ccc(C(F)(F)F)cc2)C1)C(F)(F)F. The second kappa shape index (κ2) is 5.64. The average molecular weight is 325 g/mol. The van der Waals surface area contributed by atoms with E-state index in [1.54, 1.807) is 0 Å². The van der Waals surface area contributed by atoms with Crippen molar-refractivity contribution in [1.82, 2.24) is 5.06 Å². The van der Waals surface area contributed by atoms with Gasteiger partial charge in [0, 0.05) is 0 Å². The summed E-state index contributed by atoms with van der Waals surface area (Å²) in [5.74, 6) is -2.34. The van der Waals surface area contributed by atoms with Gasteiger partial charge in [0.2, 0.25) is 0 Å². The monoisotopic (exact) mass is 325 g/mol. The maximum atomic E-state index is 12.4. The molecule has 0 aromatic heterocycles. The Balaban J connectivity index is 2.00. The van der Waals surface area contributed by atoms with Crippen LogP contribution in [0.4, 0.5) is 26.3 Å². The Morgan fingerprint density at radius 3 is 2.14 bits per heavy atom. The first kappa shape index (κ1) is 16.3. The molecular formula is C13H9F6NO2. The summed E-state index contributed by atoms with van der Waals surface area (Å²) in [4.78, 5) is 14.8. The molecule has 9 heteroatoms. The minimum Gasteiger partial charge on any atom is -0.360 e. The molecule has 0 amide bonds. The van der Waals surface area contributed by atoms with Gasteiger partial charge in [0.1, 0.15) is 0 Å². The van der Waals surface area contributed by atoms with E-state index in [9.17, 15) is 31.1 Å². The molecule has 3 nitrogen and oxygen atoms in total. The summed E-state index contributed by atoms with van der Waals surface area (Å²) in [6.07, 6.45) is -8.08. The summed E-state index contributed by atoms with van der Waals surface area (Å²) in [7, 11) is 0. The summed E-state index contributed by atoms with van der Waals surface area (Å²) in [6.45, 7) is -0.203. The van der Waals surface area contributed by atoms with Crippen LogP contribution in [0.2, 0.25) is 0 Å². The summed E-state index contributed by atoms with van der Waals surface area (Å²) < 4.78 is 73.4. The summed E-state index contributed by atoms with van der Waals surface area (Å²) in [5, 5.41) is 0.781. The molecule has 120 valence electrons. The highest BCUT2D eigenvalue weighted by molar-refractivity contribution is 5.76. The number of hydrogen-bond acceptors (Lipinski definition) is 3. The fraction of sp³-hybridized carbons (Fsp3) is 0.308. The first-order valence-electron chi connectivity index (χ1n) is 5.98. The van der Waals surface area contributed by atoms with Crippen molar-refractivity contribution in [3.05, 3.63) is 41.5 Å². The van der Waals surface area contributed by atoms with E-state index in [1.165, 1.54) is 18.2 Å². The van der Waals surface area contributed by atoms with Crippen molar-refractivity contribution in [2.24, 2.45) is 0 Å². The first-order valence-corrected chi connectivity index (χ1v) is 5.98. The van der Waals surface area contributed by atoms with E-state index in [4.69, 9.17) is 0 Å². The van der Waals surface area contributed by atoms with Gasteiger partial charge in [-0.2, -0.15) is 26.3 Å². The van der Waals surface area contributed by atoms with Crippen LogP contribution in [-0.2, 0) is 15.8 Å². The summed E-state index contributed by atoms with van der Waals surface area (Å²) in [6, 6.07) is 4.18. The van der Waals surface area contributed by atoms with Crippen LogP contribution in [0.3, 0.4) is 0 Å². The van der Waals surface area contributed by atoms with Crippen LogP contribution < -0.4 is 0 Å². The second-order valence-corrected chi connectivity index (χ2v) is 4.50. The van der Waals surface area contributed by atoms with Crippen molar-refractivity contribution in [3.8, 4) is 0 Å². The zero-order valence-corrected chi connectivity index (χ0v) is 10.8. The van der Waals surface area contributed by atoms with E-state index >= 15 is 0 Å². The topological polar surface area (TPSA) is 29.5 Å². The highest BCUT2D eigenvalue weighted by Gasteiger charge is 2.43. The largest absolute Gasteiger partial charge is 0.492 e. The molecule has 1 aliphatic rings. The van der Waals surface area contributed by atoms with Crippen LogP contribution in [0.1, 0.15) is 11.1 Å². The highest BCUT2D eigenvalue weighted by atomic mass is 19.4. The molecule has 0 saturated heterocycles. The Morgan fingerprint density at radius 2 is 1.64 bits per heavy atom. The maximum Gasteiger partial charge on any atom is 0.492 e. The zero-order valence-electron chi connectivity index (χ0n) is 10.8. The van der Waals surface area contributed by atoms with Crippen molar-refractivity contribution in [2.75, 3.05) is 13.1 Å². The van der Waals surface area contributed by atoms with E-state index in [2.05, 4.69) is 4.84 Å². The molecule has 0 fully saturated rings. The molecule has 1 aromatic carbocycles. The normalized spacial score (nSPS) is 16.5. The third-order valence-electron chi connectivity index (χ3n) is 2.91. The molecule has 22 heavy (non-hydrogen) atoms. The van der Waals surface area contributed by atoms with Crippen LogP contribution in [0.25, 0.3) is 5.57 Å². The van der Waals surface area contributed by atoms with Gasteiger partial charge >= 0.3 is 18.3 Å². The quantitative estimate of drug-likeness (QED) is 0.780. The van der Waals surface area contributed by atoms with Gasteiger partial charge in [-0.05, 0) is 23.3 Å². The van der Waals surface area contributed by atoms with Gasteiger partial charge < -0.3 is 4.84 Å². The van der Waals surface area contributed by atoms with E-state index in [-0.39, 0.29) is 13.1 Å². The number of carbonyl (C=O) groups is 1. The lowest BCUT2D eigenvalue weighted by Gasteiger charge is -2.16. The lowest BCUT2D eigenvalue weighted by molar-refractivity contribution is -0.233. The zero-order chi connectivity index (χ0) is 16.5. The molecule has 0 unspecified atom stereocenters. The van der Waals surface area contributed by atoms with Crippen LogP contribution in [0.15, 0.2) is 30.3 Å². The van der Waals surface area contributed by atoms with Crippen LogP contribution in [0.5, 0.6) is 0 Å². The Hall–Kier alpha value is -2.03. The predicted octanol–water partition coefficient (Wildman–Crippen LogP) is 3.42. The first-order chi connectivity index (χ1) is 10.1. The average Bonchev–Trinajstić information content (AvgIpc) is 2.85. The molecule has 0 radical (unpaired) electrons. The number of hydrogen-bond donors (Lipinski definition) is 0. The standard InChI is InChI=1S/C13H9F6NO2/c14-12(15,16)10-3-1-8(2-4-10)9-5-6-20(7-9)22-11(21)13(17,18)19/h1-5H,6-7H2. The number of rotatable bonds is 2. The van der Waals surface area contributed by atoms with Gasteiger partial charge in [-0.1, -0.05) is 18.2 Å². The molecular weight excluding hydrogens is 316 g/mol. The maximum absolute atomic E-state index is 12.4. The van der Waals surface area contributed by atoms with E-state index < -0.39 is 23.9 Å². The summed E-state index contributed by atoms with van der Waals surface area (Å²) >= 11 is 0. The Bertz CT molecular complexity index is 588. The van der Waals surface area contributed by atoms with Gasteiger partial charge in [-0.15, -0.1) is 5.06 Å². The lowest BCUT2D eigenvalue weighted by atomic mass is 10.0. The molecule has 1 aliphatic heterocycles. The lowest BCUT2D eigenvalue weighted by Crippen LogP contribution is -2.33. The molecule has 0 aliphatic carbocycles. The number of alkyl halides is 6. The van der Waals surface area contributed by atoms with Crippen molar-refractivity contribution in [2.45, 2.75) is 12.4 Å². The van der Waals surface area contributed by atoms with Crippen LogP contribution in [-0.4, -0.2) is 30.3 Å². The van der Waals surface area contributed by atoms with Crippen LogP contribution >= 0.6 is 0 Å². The molecule has 2 rings (SSSR count). The van der Waals surface area contributed by atoms with Crippen LogP contribution in [0, 0.1) is 0 Å². The van der Waals surface area contributed by atoms with E-state index in [0.717, 1.165) is 17.2 Å². The molecule has 0 saturated carbocycles. The van der Waals surface area contributed by atoms with Crippen molar-refractivity contribution in [3.63, 3.8) is 0 Å². The van der Waals surface area contributed by atoms with Crippen molar-refractivity contribution in [1.29, 1.82) is 0 Å². The third kappa shape index (κ3) is 3.79. The molecule has 0 atom stereocenters. The smallest absolute Gasteiger partial charge is 0.360 e. The number of hydroxylamine groups is 2. The molecule has 0 bridgehead atoms. The molecule has 1 heterocycles. The Labute approximate surface area is 120 Å². The predicted molar refractivity (Wildman–Crippen MR) is 63.1 cm³/mol. The summed E-state index contributed by atoms with van der Waals surface area (Å²) in [5.41, 5.74) is 0.0671. The van der Waals surface area contributed by atoms with Gasteiger partial charge in [-0.25, -0.2) is 4.79 Å². The number of carbonyl (C=O) groups excluding carboxylic acids is 1. The van der Waals surface area contributed by atoms with E-state index in [0.29, 0.717) is 11.1 Å².